The molecule has 122 valence electrons. The molecule has 2 aromatic rings. The zero-order valence-electron chi connectivity index (χ0n) is 12.9. The van der Waals surface area contributed by atoms with Gasteiger partial charge >= 0.3 is 0 Å². The molecule has 5 heteroatoms. The second-order valence-corrected chi connectivity index (χ2v) is 6.47. The van der Waals surface area contributed by atoms with Gasteiger partial charge in [0, 0.05) is 6.54 Å². The lowest BCUT2D eigenvalue weighted by Gasteiger charge is -2.12. The second kappa shape index (κ2) is 7.45. The van der Waals surface area contributed by atoms with Crippen LogP contribution in [0.25, 0.3) is 6.08 Å². The third-order valence-electron chi connectivity index (χ3n) is 3.73. The van der Waals surface area contributed by atoms with Crippen molar-refractivity contribution in [3.8, 4) is 0 Å². The Morgan fingerprint density at radius 1 is 1.00 bits per heavy atom. The lowest BCUT2D eigenvalue weighted by atomic mass is 10.1. The van der Waals surface area contributed by atoms with E-state index in [9.17, 15) is 14.0 Å². The highest BCUT2D eigenvalue weighted by Crippen LogP contribution is 2.32. The number of aryl methyl sites for hydroxylation is 1. The summed E-state index contributed by atoms with van der Waals surface area (Å²) in [5.41, 5.74) is 1.89. The number of thioether (sulfide) groups is 1. The Kier molecular flexibility index (Phi) is 5.11. The predicted molar refractivity (Wildman–Crippen MR) is 93.8 cm³/mol. The number of benzene rings is 2. The minimum atomic E-state index is -0.332. The topological polar surface area (TPSA) is 37.4 Å². The Hall–Kier alpha value is -2.40. The molecule has 0 radical (unpaired) electrons. The smallest absolute Gasteiger partial charge is 0.268 e. The van der Waals surface area contributed by atoms with Crippen molar-refractivity contribution in [1.82, 2.24) is 4.90 Å². The summed E-state index contributed by atoms with van der Waals surface area (Å²) < 4.78 is 12.9. The van der Waals surface area contributed by atoms with Gasteiger partial charge in [0.15, 0.2) is 0 Å². The summed E-state index contributed by atoms with van der Waals surface area (Å²) in [7, 11) is 0. The maximum Gasteiger partial charge on any atom is 0.293 e. The number of amides is 2. The molecule has 24 heavy (non-hydrogen) atoms. The number of imide groups is 1. The number of nitrogens with zero attached hydrogens (tertiary/aromatic N) is 1. The van der Waals surface area contributed by atoms with Gasteiger partial charge in [0.25, 0.3) is 11.1 Å². The molecule has 1 aliphatic rings. The van der Waals surface area contributed by atoms with E-state index in [1.165, 1.54) is 22.6 Å². The molecular formula is C19H16FNO2S. The van der Waals surface area contributed by atoms with Gasteiger partial charge in [-0.2, -0.15) is 0 Å². The maximum absolute atomic E-state index is 12.9. The van der Waals surface area contributed by atoms with E-state index < -0.39 is 0 Å². The molecule has 1 heterocycles. The third-order valence-corrected chi connectivity index (χ3v) is 4.64. The molecule has 1 aliphatic heterocycles. The Bertz CT molecular complexity index is 772. The molecule has 0 atom stereocenters. The van der Waals surface area contributed by atoms with Gasteiger partial charge in [-0.05, 0) is 53.9 Å². The Labute approximate surface area is 144 Å². The Balaban J connectivity index is 1.62. The molecule has 0 unspecified atom stereocenters. The van der Waals surface area contributed by atoms with E-state index in [4.69, 9.17) is 0 Å². The van der Waals surface area contributed by atoms with Crippen LogP contribution in [-0.2, 0) is 11.2 Å². The van der Waals surface area contributed by atoms with Crippen LogP contribution in [0.2, 0.25) is 0 Å². The highest BCUT2D eigenvalue weighted by atomic mass is 32.2. The van der Waals surface area contributed by atoms with E-state index in [0.717, 1.165) is 24.6 Å². The van der Waals surface area contributed by atoms with Gasteiger partial charge in [-0.15, -0.1) is 0 Å². The van der Waals surface area contributed by atoms with Gasteiger partial charge in [0.2, 0.25) is 0 Å². The summed E-state index contributed by atoms with van der Waals surface area (Å²) in [5.74, 6) is -0.608. The van der Waals surface area contributed by atoms with Crippen molar-refractivity contribution < 1.29 is 14.0 Å². The fraction of sp³-hybridized carbons (Fsp3) is 0.158. The molecule has 3 rings (SSSR count). The quantitative estimate of drug-likeness (QED) is 0.752. The van der Waals surface area contributed by atoms with Gasteiger partial charge < -0.3 is 0 Å². The van der Waals surface area contributed by atoms with Crippen LogP contribution >= 0.6 is 11.8 Å². The summed E-state index contributed by atoms with van der Waals surface area (Å²) in [5, 5.41) is -0.249. The monoisotopic (exact) mass is 341 g/mol. The lowest BCUT2D eigenvalue weighted by Crippen LogP contribution is -2.29. The molecule has 2 aromatic carbocycles. The summed E-state index contributed by atoms with van der Waals surface area (Å²) in [6, 6.07) is 15.8. The zero-order chi connectivity index (χ0) is 16.9. The van der Waals surface area contributed by atoms with Crippen LogP contribution in [0.3, 0.4) is 0 Å². The van der Waals surface area contributed by atoms with Crippen molar-refractivity contribution in [2.45, 2.75) is 12.8 Å². The van der Waals surface area contributed by atoms with E-state index in [-0.39, 0.29) is 17.0 Å². The number of hydrogen-bond donors (Lipinski definition) is 0. The highest BCUT2D eigenvalue weighted by Gasteiger charge is 2.34. The van der Waals surface area contributed by atoms with Gasteiger partial charge in [-0.1, -0.05) is 42.5 Å². The number of carbonyl (C=O) groups is 2. The summed E-state index contributed by atoms with van der Waals surface area (Å²) in [6.07, 6.45) is 3.17. The maximum atomic E-state index is 12.9. The van der Waals surface area contributed by atoms with E-state index in [2.05, 4.69) is 0 Å². The fourth-order valence-electron chi connectivity index (χ4n) is 2.49. The fourth-order valence-corrected chi connectivity index (χ4v) is 3.35. The van der Waals surface area contributed by atoms with Gasteiger partial charge in [-0.25, -0.2) is 4.39 Å². The van der Waals surface area contributed by atoms with Crippen LogP contribution in [0.15, 0.2) is 59.5 Å². The molecule has 3 nitrogen and oxygen atoms in total. The number of rotatable bonds is 5. The summed E-state index contributed by atoms with van der Waals surface area (Å²) in [6.45, 7) is 0.403. The minimum Gasteiger partial charge on any atom is -0.268 e. The minimum absolute atomic E-state index is 0.249. The van der Waals surface area contributed by atoms with Crippen LogP contribution in [0, 0.1) is 5.82 Å². The van der Waals surface area contributed by atoms with Crippen molar-refractivity contribution in [3.63, 3.8) is 0 Å². The first-order chi connectivity index (χ1) is 11.6. The molecule has 0 spiro atoms. The molecule has 0 aromatic heterocycles. The molecule has 0 saturated carbocycles. The van der Waals surface area contributed by atoms with Crippen molar-refractivity contribution in [2.75, 3.05) is 6.54 Å². The number of halogens is 1. The Morgan fingerprint density at radius 3 is 2.42 bits per heavy atom. The summed E-state index contributed by atoms with van der Waals surface area (Å²) >= 11 is 0.932. The van der Waals surface area contributed by atoms with E-state index in [1.807, 2.05) is 30.3 Å². The van der Waals surface area contributed by atoms with E-state index >= 15 is 0 Å². The first kappa shape index (κ1) is 16.5. The van der Waals surface area contributed by atoms with Gasteiger partial charge in [-0.3, -0.25) is 14.5 Å². The molecular weight excluding hydrogens is 325 g/mol. The average molecular weight is 341 g/mol. The molecule has 1 saturated heterocycles. The van der Waals surface area contributed by atoms with Gasteiger partial charge in [0.1, 0.15) is 5.82 Å². The molecule has 0 bridgehead atoms. The van der Waals surface area contributed by atoms with Crippen molar-refractivity contribution in [1.29, 1.82) is 0 Å². The summed E-state index contributed by atoms with van der Waals surface area (Å²) in [4.78, 5) is 26.1. The lowest BCUT2D eigenvalue weighted by molar-refractivity contribution is -0.122. The predicted octanol–water partition coefficient (Wildman–Crippen LogP) is 4.49. The van der Waals surface area contributed by atoms with Crippen molar-refractivity contribution in [2.24, 2.45) is 0 Å². The Morgan fingerprint density at radius 2 is 1.71 bits per heavy atom. The molecule has 2 amide bonds. The van der Waals surface area contributed by atoms with E-state index in [0.29, 0.717) is 17.0 Å². The van der Waals surface area contributed by atoms with Crippen LogP contribution < -0.4 is 0 Å². The van der Waals surface area contributed by atoms with Crippen molar-refractivity contribution >= 4 is 29.0 Å². The first-order valence-corrected chi connectivity index (χ1v) is 8.50. The van der Waals surface area contributed by atoms with Gasteiger partial charge in [0.05, 0.1) is 4.91 Å². The molecule has 0 aliphatic carbocycles. The van der Waals surface area contributed by atoms with Crippen LogP contribution in [0.4, 0.5) is 9.18 Å². The highest BCUT2D eigenvalue weighted by molar-refractivity contribution is 8.18. The SMILES string of the molecule is O=C1S/C(=C/c2ccc(F)cc2)C(=O)N1CCCc1ccccc1. The normalized spacial score (nSPS) is 16.2. The van der Waals surface area contributed by atoms with E-state index in [1.54, 1.807) is 18.2 Å². The zero-order valence-corrected chi connectivity index (χ0v) is 13.8. The number of carbonyl (C=O) groups excluding carboxylic acids is 2. The van der Waals surface area contributed by atoms with Crippen LogP contribution in [-0.4, -0.2) is 22.6 Å². The van der Waals surface area contributed by atoms with Crippen LogP contribution in [0.1, 0.15) is 17.5 Å². The van der Waals surface area contributed by atoms with Crippen LogP contribution in [0.5, 0.6) is 0 Å². The number of hydrogen-bond acceptors (Lipinski definition) is 3. The molecule has 1 fully saturated rings. The van der Waals surface area contributed by atoms with Crippen molar-refractivity contribution in [3.05, 3.63) is 76.4 Å². The molecule has 0 N–H and O–H groups in total. The first-order valence-electron chi connectivity index (χ1n) is 7.68. The average Bonchev–Trinajstić information content (AvgIpc) is 2.85. The largest absolute Gasteiger partial charge is 0.293 e. The third kappa shape index (κ3) is 3.92. The second-order valence-electron chi connectivity index (χ2n) is 5.47. The standard InChI is InChI=1S/C19H16FNO2S/c20-16-10-8-15(9-11-16)13-17-18(22)21(19(23)24-17)12-4-7-14-5-2-1-3-6-14/h1-3,5-6,8-11,13H,4,7,12H2/b17-13+.